The Hall–Kier alpha value is -0.870. The summed E-state index contributed by atoms with van der Waals surface area (Å²) in [6.45, 7) is 6.77. The van der Waals surface area contributed by atoms with E-state index in [1.807, 2.05) is 12.1 Å². The molecule has 1 aromatic carbocycles. The standard InChI is InChI=1S/C18H30O3S/c1-5-6-7-8-15(2)9-10-16(3)17-11-13-18(14-12-17)22(19,20)21-4/h11-16H,5-10H2,1-4H3. The molecule has 2 atom stereocenters. The molecule has 0 saturated heterocycles. The van der Waals surface area contributed by atoms with Crippen LogP contribution in [0.4, 0.5) is 0 Å². The lowest BCUT2D eigenvalue weighted by Gasteiger charge is -2.16. The first-order valence-corrected chi connectivity index (χ1v) is 9.72. The number of rotatable bonds is 10. The van der Waals surface area contributed by atoms with E-state index in [4.69, 9.17) is 0 Å². The molecule has 0 amide bonds. The van der Waals surface area contributed by atoms with E-state index >= 15 is 0 Å². The van der Waals surface area contributed by atoms with Crippen LogP contribution in [0.1, 0.15) is 70.8 Å². The fourth-order valence-electron chi connectivity index (χ4n) is 2.65. The third-order valence-corrected chi connectivity index (χ3v) is 5.64. The maximum absolute atomic E-state index is 11.6. The van der Waals surface area contributed by atoms with Crippen molar-refractivity contribution in [3.63, 3.8) is 0 Å². The first-order valence-electron chi connectivity index (χ1n) is 8.31. The number of unbranched alkanes of at least 4 members (excludes halogenated alkanes) is 2. The summed E-state index contributed by atoms with van der Waals surface area (Å²) in [6.07, 6.45) is 7.61. The van der Waals surface area contributed by atoms with Crippen molar-refractivity contribution in [3.8, 4) is 0 Å². The van der Waals surface area contributed by atoms with Crippen LogP contribution < -0.4 is 0 Å². The molecule has 0 radical (unpaired) electrons. The van der Waals surface area contributed by atoms with Gasteiger partial charge in [-0.2, -0.15) is 8.42 Å². The molecule has 4 heteroatoms. The first kappa shape index (κ1) is 19.2. The van der Waals surface area contributed by atoms with Crippen LogP contribution in [0.15, 0.2) is 29.2 Å². The highest BCUT2D eigenvalue weighted by molar-refractivity contribution is 7.86. The van der Waals surface area contributed by atoms with E-state index in [9.17, 15) is 8.42 Å². The maximum Gasteiger partial charge on any atom is 0.296 e. The van der Waals surface area contributed by atoms with Crippen LogP contribution in [-0.4, -0.2) is 15.5 Å². The Labute approximate surface area is 136 Å². The van der Waals surface area contributed by atoms with Crippen LogP contribution in [0, 0.1) is 5.92 Å². The molecule has 0 saturated carbocycles. The Kier molecular flexibility index (Phi) is 8.12. The van der Waals surface area contributed by atoms with Gasteiger partial charge in [0.15, 0.2) is 0 Å². The summed E-state index contributed by atoms with van der Waals surface area (Å²) in [5.74, 6) is 1.22. The summed E-state index contributed by atoms with van der Waals surface area (Å²) in [4.78, 5) is 0.221. The molecule has 0 heterocycles. The summed E-state index contributed by atoms with van der Waals surface area (Å²) >= 11 is 0. The molecule has 22 heavy (non-hydrogen) atoms. The average Bonchev–Trinajstić information content (AvgIpc) is 2.53. The zero-order valence-electron chi connectivity index (χ0n) is 14.3. The van der Waals surface area contributed by atoms with Crippen LogP contribution in [-0.2, 0) is 14.3 Å². The molecular formula is C18H30O3S. The molecule has 2 unspecified atom stereocenters. The van der Waals surface area contributed by atoms with Crippen molar-refractivity contribution in [2.24, 2.45) is 5.92 Å². The topological polar surface area (TPSA) is 43.4 Å². The third-order valence-electron chi connectivity index (χ3n) is 4.35. The van der Waals surface area contributed by atoms with Crippen LogP contribution in [0.5, 0.6) is 0 Å². The second-order valence-electron chi connectivity index (χ2n) is 6.27. The van der Waals surface area contributed by atoms with Gasteiger partial charge in [0.05, 0.1) is 12.0 Å². The molecule has 0 aromatic heterocycles. The van der Waals surface area contributed by atoms with Gasteiger partial charge in [-0.25, -0.2) is 0 Å². The minimum Gasteiger partial charge on any atom is -0.270 e. The van der Waals surface area contributed by atoms with Crippen LogP contribution in [0.3, 0.4) is 0 Å². The lowest BCUT2D eigenvalue weighted by Crippen LogP contribution is -2.04. The Morgan fingerprint density at radius 1 is 1.00 bits per heavy atom. The van der Waals surface area contributed by atoms with E-state index in [2.05, 4.69) is 25.0 Å². The predicted molar refractivity (Wildman–Crippen MR) is 91.6 cm³/mol. The predicted octanol–water partition coefficient (Wildman–Crippen LogP) is 5.12. The van der Waals surface area contributed by atoms with Crippen molar-refractivity contribution in [2.45, 2.75) is 70.1 Å². The molecule has 0 aliphatic rings. The van der Waals surface area contributed by atoms with Crippen molar-refractivity contribution in [3.05, 3.63) is 29.8 Å². The van der Waals surface area contributed by atoms with E-state index in [0.29, 0.717) is 5.92 Å². The molecule has 3 nitrogen and oxygen atoms in total. The Morgan fingerprint density at radius 2 is 1.64 bits per heavy atom. The smallest absolute Gasteiger partial charge is 0.270 e. The lowest BCUT2D eigenvalue weighted by molar-refractivity contribution is 0.397. The highest BCUT2D eigenvalue weighted by Gasteiger charge is 2.14. The largest absolute Gasteiger partial charge is 0.296 e. The van der Waals surface area contributed by atoms with E-state index < -0.39 is 10.1 Å². The molecule has 126 valence electrons. The monoisotopic (exact) mass is 326 g/mol. The highest BCUT2D eigenvalue weighted by Crippen LogP contribution is 2.26. The van der Waals surface area contributed by atoms with Gasteiger partial charge in [0.1, 0.15) is 0 Å². The minimum absolute atomic E-state index is 0.221. The van der Waals surface area contributed by atoms with Gasteiger partial charge in [-0.1, -0.05) is 65.0 Å². The quantitative estimate of drug-likeness (QED) is 0.442. The second kappa shape index (κ2) is 9.31. The van der Waals surface area contributed by atoms with E-state index in [-0.39, 0.29) is 4.90 Å². The first-order chi connectivity index (χ1) is 10.4. The van der Waals surface area contributed by atoms with Gasteiger partial charge in [0, 0.05) is 0 Å². The zero-order valence-corrected chi connectivity index (χ0v) is 15.2. The second-order valence-corrected chi connectivity index (χ2v) is 7.98. The highest BCUT2D eigenvalue weighted by atomic mass is 32.2. The number of benzene rings is 1. The number of hydrogen-bond acceptors (Lipinski definition) is 3. The van der Waals surface area contributed by atoms with E-state index in [1.165, 1.54) is 44.8 Å². The SMILES string of the molecule is CCCCCC(C)CCC(C)c1ccc(S(=O)(=O)OC)cc1. The normalized spacial score (nSPS) is 14.7. The maximum atomic E-state index is 11.6. The summed E-state index contributed by atoms with van der Waals surface area (Å²) in [7, 11) is -2.39. The Morgan fingerprint density at radius 3 is 2.18 bits per heavy atom. The van der Waals surface area contributed by atoms with E-state index in [1.54, 1.807) is 12.1 Å². The molecule has 0 spiro atoms. The summed E-state index contributed by atoms with van der Waals surface area (Å²) in [5.41, 5.74) is 1.19. The number of hydrogen-bond donors (Lipinski definition) is 0. The van der Waals surface area contributed by atoms with Crippen molar-refractivity contribution in [1.29, 1.82) is 0 Å². The zero-order chi connectivity index (χ0) is 16.6. The van der Waals surface area contributed by atoms with Crippen molar-refractivity contribution >= 4 is 10.1 Å². The molecule has 1 rings (SSSR count). The van der Waals surface area contributed by atoms with Crippen molar-refractivity contribution < 1.29 is 12.6 Å². The Balaban J connectivity index is 2.51. The van der Waals surface area contributed by atoms with Gasteiger partial charge in [0.2, 0.25) is 0 Å². The van der Waals surface area contributed by atoms with Crippen molar-refractivity contribution in [1.82, 2.24) is 0 Å². The van der Waals surface area contributed by atoms with Crippen LogP contribution >= 0.6 is 0 Å². The van der Waals surface area contributed by atoms with Gasteiger partial charge < -0.3 is 0 Å². The Bertz CT molecular complexity index is 520. The van der Waals surface area contributed by atoms with Crippen molar-refractivity contribution in [2.75, 3.05) is 7.11 Å². The molecule has 0 N–H and O–H groups in total. The molecular weight excluding hydrogens is 296 g/mol. The molecule has 0 aliphatic heterocycles. The molecule has 1 aromatic rings. The average molecular weight is 327 g/mol. The summed E-state index contributed by atoms with van der Waals surface area (Å²) in [5, 5.41) is 0. The lowest BCUT2D eigenvalue weighted by atomic mass is 9.90. The summed E-state index contributed by atoms with van der Waals surface area (Å²) < 4.78 is 27.7. The fourth-order valence-corrected chi connectivity index (χ4v) is 3.31. The third kappa shape index (κ3) is 6.09. The summed E-state index contributed by atoms with van der Waals surface area (Å²) in [6, 6.07) is 7.07. The van der Waals surface area contributed by atoms with E-state index in [0.717, 1.165) is 12.3 Å². The van der Waals surface area contributed by atoms with Gasteiger partial charge in [-0.3, -0.25) is 4.18 Å². The molecule has 0 fully saturated rings. The molecule has 0 bridgehead atoms. The van der Waals surface area contributed by atoms with Gasteiger partial charge in [-0.15, -0.1) is 0 Å². The van der Waals surface area contributed by atoms with Crippen LogP contribution in [0.2, 0.25) is 0 Å². The fraction of sp³-hybridized carbons (Fsp3) is 0.667. The van der Waals surface area contributed by atoms with Gasteiger partial charge in [-0.05, 0) is 36.0 Å². The van der Waals surface area contributed by atoms with Crippen LogP contribution in [0.25, 0.3) is 0 Å². The van der Waals surface area contributed by atoms with Gasteiger partial charge in [0.25, 0.3) is 10.1 Å². The molecule has 0 aliphatic carbocycles. The van der Waals surface area contributed by atoms with Gasteiger partial charge >= 0.3 is 0 Å². The minimum atomic E-state index is -3.58.